The maximum Gasteiger partial charge on any atom is 0.225 e. The van der Waals surface area contributed by atoms with Crippen molar-refractivity contribution in [2.75, 3.05) is 62.2 Å². The van der Waals surface area contributed by atoms with Crippen LogP contribution in [0.2, 0.25) is 0 Å². The van der Waals surface area contributed by atoms with Gasteiger partial charge in [-0.05, 0) is 62.1 Å². The topological polar surface area (TPSA) is 47.3 Å². The number of hydrogen-bond donors (Lipinski definition) is 0. The molecule has 0 spiro atoms. The van der Waals surface area contributed by atoms with Gasteiger partial charge in [0, 0.05) is 81.4 Å². The van der Waals surface area contributed by atoms with E-state index in [4.69, 9.17) is 0 Å². The Bertz CT molecular complexity index is 1240. The van der Waals surface area contributed by atoms with Crippen LogP contribution in [0.25, 0.3) is 16.6 Å². The minimum atomic E-state index is 0.306. The lowest BCUT2D eigenvalue weighted by atomic mass is 9.99. The van der Waals surface area contributed by atoms with Crippen molar-refractivity contribution in [2.24, 2.45) is 5.92 Å². The Morgan fingerprint density at radius 2 is 1.61 bits per heavy atom. The van der Waals surface area contributed by atoms with Gasteiger partial charge in [0.25, 0.3) is 0 Å². The van der Waals surface area contributed by atoms with E-state index in [2.05, 4.69) is 67.3 Å². The molecule has 7 heteroatoms. The van der Waals surface area contributed by atoms with Crippen molar-refractivity contribution in [3.05, 3.63) is 48.8 Å². The number of piperazine rings is 2. The summed E-state index contributed by atoms with van der Waals surface area (Å²) in [7, 11) is 0. The molecule has 2 aromatic heterocycles. The number of aromatic nitrogens is 2. The molecular weight excluding hydrogens is 448 g/mol. The molecule has 0 N–H and O–H groups in total. The highest BCUT2D eigenvalue weighted by Crippen LogP contribution is 2.33. The van der Waals surface area contributed by atoms with Crippen LogP contribution in [-0.4, -0.2) is 83.7 Å². The molecule has 4 fully saturated rings. The summed E-state index contributed by atoms with van der Waals surface area (Å²) >= 11 is 0. The van der Waals surface area contributed by atoms with Gasteiger partial charge >= 0.3 is 0 Å². The smallest absolute Gasteiger partial charge is 0.225 e. The molecular formula is C29H36N6O. The van der Waals surface area contributed by atoms with Crippen LogP contribution < -0.4 is 9.80 Å². The van der Waals surface area contributed by atoms with E-state index < -0.39 is 0 Å². The maximum atomic E-state index is 12.5. The zero-order valence-electron chi connectivity index (χ0n) is 21.1. The van der Waals surface area contributed by atoms with Gasteiger partial charge in [-0.15, -0.1) is 0 Å². The molecule has 4 aliphatic rings. The van der Waals surface area contributed by atoms with Crippen LogP contribution in [0.1, 0.15) is 32.1 Å². The van der Waals surface area contributed by atoms with Crippen molar-refractivity contribution in [1.29, 1.82) is 0 Å². The summed E-state index contributed by atoms with van der Waals surface area (Å²) in [6.45, 7) is 8.13. The summed E-state index contributed by atoms with van der Waals surface area (Å²) in [5, 5.41) is 4.60. The van der Waals surface area contributed by atoms with E-state index in [1.165, 1.54) is 54.9 Å². The van der Waals surface area contributed by atoms with Crippen molar-refractivity contribution in [2.45, 2.75) is 38.1 Å². The maximum absolute atomic E-state index is 12.5. The third-order valence-corrected chi connectivity index (χ3v) is 8.75. The second-order valence-corrected chi connectivity index (χ2v) is 11.0. The largest absolute Gasteiger partial charge is 0.369 e. The number of carbonyl (C=O) groups excluding carboxylic acids is 1. The standard InChI is InChI=1S/C29H36N6O/c36-29(23-4-5-23)33-16-14-32(15-17-33)27-10-11-30-35-20-24(19-28(27)35)22-6-8-25(9-7-22)34-18-13-31-12-2-1-3-26(31)21-34/h6-11,19-20,23,26H,1-5,12-18,21H2. The number of nitrogens with zero attached hydrogens (tertiary/aromatic N) is 6. The second kappa shape index (κ2) is 9.11. The van der Waals surface area contributed by atoms with E-state index >= 15 is 0 Å². The summed E-state index contributed by atoms with van der Waals surface area (Å²) in [6.07, 6.45) is 10.3. The minimum absolute atomic E-state index is 0.306. The Morgan fingerprint density at radius 1 is 0.806 bits per heavy atom. The Hall–Kier alpha value is -3.06. The number of hydrogen-bond acceptors (Lipinski definition) is 5. The molecule has 0 bridgehead atoms. The lowest BCUT2D eigenvalue weighted by molar-refractivity contribution is -0.132. The third-order valence-electron chi connectivity index (χ3n) is 8.75. The summed E-state index contributed by atoms with van der Waals surface area (Å²) in [6, 6.07) is 14.2. The van der Waals surface area contributed by atoms with E-state index in [1.807, 2.05) is 10.7 Å². The number of anilines is 2. The molecule has 3 saturated heterocycles. The SMILES string of the molecule is O=C(C1CC1)N1CCN(c2ccnn3cc(-c4ccc(N5CCN6CCCCC6C5)cc4)cc23)CC1. The molecule has 1 aliphatic carbocycles. The molecule has 7 nitrogen and oxygen atoms in total. The molecule has 1 saturated carbocycles. The first-order valence-corrected chi connectivity index (χ1v) is 13.8. The van der Waals surface area contributed by atoms with E-state index in [-0.39, 0.29) is 0 Å². The number of fused-ring (bicyclic) bond motifs is 2. The number of amides is 1. The van der Waals surface area contributed by atoms with E-state index in [1.54, 1.807) is 0 Å². The van der Waals surface area contributed by atoms with Crippen LogP contribution in [0, 0.1) is 5.92 Å². The number of rotatable bonds is 4. The molecule has 0 radical (unpaired) electrons. The number of benzene rings is 1. The lowest BCUT2D eigenvalue weighted by Gasteiger charge is -2.45. The van der Waals surface area contributed by atoms with Gasteiger partial charge < -0.3 is 14.7 Å². The normalized spacial score (nSPS) is 23.2. The summed E-state index contributed by atoms with van der Waals surface area (Å²) in [4.78, 5) is 22.2. The van der Waals surface area contributed by atoms with Crippen LogP contribution in [0.5, 0.6) is 0 Å². The number of carbonyl (C=O) groups is 1. The quantitative estimate of drug-likeness (QED) is 0.565. The molecule has 1 amide bonds. The fourth-order valence-corrected chi connectivity index (χ4v) is 6.44. The van der Waals surface area contributed by atoms with Gasteiger partial charge in [-0.3, -0.25) is 9.69 Å². The summed E-state index contributed by atoms with van der Waals surface area (Å²) < 4.78 is 2.00. The fourth-order valence-electron chi connectivity index (χ4n) is 6.44. The van der Waals surface area contributed by atoms with E-state index in [0.717, 1.165) is 63.7 Å². The van der Waals surface area contributed by atoms with Crippen molar-refractivity contribution in [3.63, 3.8) is 0 Å². The van der Waals surface area contributed by atoms with E-state index in [9.17, 15) is 4.79 Å². The first kappa shape index (κ1) is 22.2. The van der Waals surface area contributed by atoms with Crippen LogP contribution in [0.15, 0.2) is 48.8 Å². The molecule has 3 aliphatic heterocycles. The van der Waals surface area contributed by atoms with Crippen LogP contribution in [0.3, 0.4) is 0 Å². The van der Waals surface area contributed by atoms with Gasteiger partial charge in [-0.2, -0.15) is 5.10 Å². The van der Waals surface area contributed by atoms with Crippen molar-refractivity contribution in [3.8, 4) is 11.1 Å². The first-order chi connectivity index (χ1) is 17.7. The highest BCUT2D eigenvalue weighted by atomic mass is 16.2. The van der Waals surface area contributed by atoms with Gasteiger partial charge in [0.1, 0.15) is 0 Å². The van der Waals surface area contributed by atoms with Crippen LogP contribution >= 0.6 is 0 Å². The van der Waals surface area contributed by atoms with Crippen LogP contribution in [0.4, 0.5) is 11.4 Å². The minimum Gasteiger partial charge on any atom is -0.369 e. The van der Waals surface area contributed by atoms with Gasteiger partial charge in [-0.1, -0.05) is 18.6 Å². The molecule has 7 rings (SSSR count). The van der Waals surface area contributed by atoms with Crippen molar-refractivity contribution >= 4 is 22.8 Å². The second-order valence-electron chi connectivity index (χ2n) is 11.0. The zero-order chi connectivity index (χ0) is 24.1. The number of piperidine rings is 1. The summed E-state index contributed by atoms with van der Waals surface area (Å²) in [5.41, 5.74) is 6.10. The molecule has 1 atom stereocenters. The van der Waals surface area contributed by atoms with Crippen molar-refractivity contribution < 1.29 is 4.79 Å². The van der Waals surface area contributed by atoms with Gasteiger partial charge in [-0.25, -0.2) is 4.52 Å². The molecule has 36 heavy (non-hydrogen) atoms. The van der Waals surface area contributed by atoms with Crippen LogP contribution in [-0.2, 0) is 4.79 Å². The Balaban J connectivity index is 1.07. The Kier molecular flexibility index (Phi) is 5.61. The Morgan fingerprint density at radius 3 is 2.42 bits per heavy atom. The third kappa shape index (κ3) is 4.13. The highest BCUT2D eigenvalue weighted by molar-refractivity contribution is 5.82. The zero-order valence-corrected chi connectivity index (χ0v) is 21.1. The average molecular weight is 485 g/mol. The van der Waals surface area contributed by atoms with E-state index in [0.29, 0.717) is 11.8 Å². The van der Waals surface area contributed by atoms with Gasteiger partial charge in [0.05, 0.1) is 11.2 Å². The molecule has 1 aromatic carbocycles. The highest BCUT2D eigenvalue weighted by Gasteiger charge is 2.35. The summed E-state index contributed by atoms with van der Waals surface area (Å²) in [5.74, 6) is 0.671. The molecule has 188 valence electrons. The Labute approximate surface area is 213 Å². The average Bonchev–Trinajstić information content (AvgIpc) is 3.70. The first-order valence-electron chi connectivity index (χ1n) is 13.8. The molecule has 1 unspecified atom stereocenters. The van der Waals surface area contributed by atoms with Gasteiger partial charge in [0.15, 0.2) is 0 Å². The predicted molar refractivity (Wildman–Crippen MR) is 144 cm³/mol. The molecule has 3 aromatic rings. The van der Waals surface area contributed by atoms with Gasteiger partial charge in [0.2, 0.25) is 5.91 Å². The monoisotopic (exact) mass is 484 g/mol. The predicted octanol–water partition coefficient (Wildman–Crippen LogP) is 3.73. The van der Waals surface area contributed by atoms with Crippen molar-refractivity contribution in [1.82, 2.24) is 19.4 Å². The lowest BCUT2D eigenvalue weighted by Crippen LogP contribution is -2.54. The fraction of sp³-hybridized carbons (Fsp3) is 0.517. The molecule has 5 heterocycles.